The number of halogens is 3. The van der Waals surface area contributed by atoms with Crippen LogP contribution < -0.4 is 5.73 Å². The van der Waals surface area contributed by atoms with Crippen molar-refractivity contribution in [3.8, 4) is 22.6 Å². The molecule has 0 fully saturated rings. The van der Waals surface area contributed by atoms with E-state index >= 15 is 8.78 Å². The maximum absolute atomic E-state index is 15.7. The highest BCUT2D eigenvalue weighted by molar-refractivity contribution is 7.17. The van der Waals surface area contributed by atoms with Crippen molar-refractivity contribution < 1.29 is 22.7 Å². The molecule has 1 aromatic carbocycles. The summed E-state index contributed by atoms with van der Waals surface area (Å²) in [5.41, 5.74) is 8.85. The summed E-state index contributed by atoms with van der Waals surface area (Å²) in [7, 11) is 1.85. The third kappa shape index (κ3) is 6.14. The van der Waals surface area contributed by atoms with E-state index in [1.807, 2.05) is 39.1 Å². The number of carbonyl (C=O) groups is 1. The van der Waals surface area contributed by atoms with Crippen LogP contribution in [0.4, 0.5) is 18.0 Å². The van der Waals surface area contributed by atoms with Gasteiger partial charge < -0.3 is 15.4 Å². The highest BCUT2D eigenvalue weighted by atomic mass is 32.1. The van der Waals surface area contributed by atoms with E-state index in [2.05, 4.69) is 5.10 Å². The largest absolute Gasteiger partial charge is 0.444 e. The Balaban J connectivity index is 1.56. The maximum Gasteiger partial charge on any atom is 0.410 e. The third-order valence-corrected chi connectivity index (χ3v) is 8.75. The van der Waals surface area contributed by atoms with E-state index in [-0.39, 0.29) is 29.2 Å². The van der Waals surface area contributed by atoms with Crippen molar-refractivity contribution >= 4 is 44.5 Å². The number of aromatic nitrogens is 5. The van der Waals surface area contributed by atoms with Crippen molar-refractivity contribution in [3.05, 3.63) is 82.4 Å². The number of rotatable bonds is 5. The summed E-state index contributed by atoms with van der Waals surface area (Å²) in [5.74, 6) is -2.46. The molecule has 9 nitrogen and oxygen atoms in total. The van der Waals surface area contributed by atoms with Crippen LogP contribution in [-0.2, 0) is 18.3 Å². The molecule has 1 amide bonds. The first kappa shape index (κ1) is 32.0. The van der Waals surface area contributed by atoms with Crippen molar-refractivity contribution in [1.82, 2.24) is 29.4 Å². The van der Waals surface area contributed by atoms with Crippen molar-refractivity contribution in [1.29, 1.82) is 0 Å². The Labute approximate surface area is 273 Å². The molecule has 0 radical (unpaired) electrons. The first-order valence-corrected chi connectivity index (χ1v) is 15.9. The zero-order valence-corrected chi connectivity index (χ0v) is 27.6. The van der Waals surface area contributed by atoms with Crippen molar-refractivity contribution in [2.45, 2.75) is 52.8 Å². The molecule has 5 aromatic rings. The number of nitrogens with two attached hydrogens (primary N) is 1. The normalized spacial score (nSPS) is 16.1. The first-order chi connectivity index (χ1) is 22.2. The maximum atomic E-state index is 15.7. The Bertz CT molecular complexity index is 2130. The van der Waals surface area contributed by atoms with Gasteiger partial charge in [-0.1, -0.05) is 12.1 Å². The number of pyridine rings is 1. The number of nitrogens with zero attached hydrogens (tertiary/aromatic N) is 6. The molecule has 6 rings (SSSR count). The Kier molecular flexibility index (Phi) is 8.20. The van der Waals surface area contributed by atoms with Crippen molar-refractivity contribution in [3.63, 3.8) is 0 Å². The number of allylic oxidation sites excluding steroid dienone is 4. The minimum atomic E-state index is -0.969. The van der Waals surface area contributed by atoms with Crippen LogP contribution in [-0.4, -0.2) is 47.7 Å². The van der Waals surface area contributed by atoms with Crippen LogP contribution in [0.25, 0.3) is 49.7 Å². The van der Waals surface area contributed by atoms with Gasteiger partial charge in [-0.15, -0.1) is 11.3 Å². The van der Waals surface area contributed by atoms with E-state index in [1.54, 1.807) is 41.1 Å². The Morgan fingerprint density at radius 1 is 1.15 bits per heavy atom. The second-order valence-corrected chi connectivity index (χ2v) is 13.4. The first-order valence-electron chi connectivity index (χ1n) is 15.0. The molecule has 0 spiro atoms. The van der Waals surface area contributed by atoms with E-state index in [0.29, 0.717) is 40.0 Å². The predicted octanol–water partition coefficient (Wildman–Crippen LogP) is 8.11. The van der Waals surface area contributed by atoms with Crippen LogP contribution in [0, 0.1) is 12.7 Å². The van der Waals surface area contributed by atoms with Gasteiger partial charge in [0.05, 0.1) is 45.6 Å². The lowest BCUT2D eigenvalue weighted by Crippen LogP contribution is -2.43. The Hall–Kier alpha value is -4.91. The summed E-state index contributed by atoms with van der Waals surface area (Å²) in [4.78, 5) is 19.6. The van der Waals surface area contributed by atoms with E-state index in [1.165, 1.54) is 5.38 Å². The zero-order chi connectivity index (χ0) is 33.8. The van der Waals surface area contributed by atoms with Gasteiger partial charge in [0, 0.05) is 46.9 Å². The molecule has 0 saturated heterocycles. The standard InChI is InChI=1S/C34H34F3N7O2S/c1-18-15-43(33(45)46-34(3,4)5)16-23-14-27(41-44(18)23)31-25(13-22(36)12-21(35)9-10-38)29-26(37)17-47-32(29)30(39-31)20-7-8-24-19(2)40-42(6)28(24)11-20/h7-14,17-18H,15-16,38H2,1-6H3/b10-9+,21-12+,22-13?. The number of thiophene rings is 1. The number of hydrogen-bond acceptors (Lipinski definition) is 7. The van der Waals surface area contributed by atoms with Crippen LogP contribution in [0.1, 0.15) is 50.7 Å². The van der Waals surface area contributed by atoms with Gasteiger partial charge in [-0.25, -0.2) is 22.9 Å². The predicted molar refractivity (Wildman–Crippen MR) is 178 cm³/mol. The van der Waals surface area contributed by atoms with Gasteiger partial charge in [-0.2, -0.15) is 10.2 Å². The van der Waals surface area contributed by atoms with Gasteiger partial charge in [-0.05, 0) is 65.1 Å². The fourth-order valence-electron chi connectivity index (χ4n) is 5.84. The molecule has 0 bridgehead atoms. The topological polar surface area (TPSA) is 104 Å². The second-order valence-electron chi connectivity index (χ2n) is 12.5. The number of ether oxygens (including phenoxy) is 1. The van der Waals surface area contributed by atoms with Gasteiger partial charge in [0.1, 0.15) is 28.8 Å². The van der Waals surface area contributed by atoms with Crippen LogP contribution in [0.3, 0.4) is 0 Å². The SMILES string of the molecule is Cc1nn(C)c2cc(-c3nc(-c4cc5n(n4)C(C)CN(C(=O)OC(C)(C)C)C5)c(C=C(F)/C=C(F)\C=C\N)c4c(F)csc34)ccc12. The molecule has 5 heterocycles. The molecule has 1 unspecified atom stereocenters. The highest BCUT2D eigenvalue weighted by Gasteiger charge is 2.31. The van der Waals surface area contributed by atoms with E-state index in [0.717, 1.165) is 46.3 Å². The van der Waals surface area contributed by atoms with Crippen LogP contribution in [0.15, 0.2) is 59.7 Å². The highest BCUT2D eigenvalue weighted by Crippen LogP contribution is 2.42. The van der Waals surface area contributed by atoms with Crippen LogP contribution >= 0.6 is 11.3 Å². The average Bonchev–Trinajstić information content (AvgIpc) is 3.67. The second kappa shape index (κ2) is 12.0. The molecule has 244 valence electrons. The quantitative estimate of drug-likeness (QED) is 0.191. The Morgan fingerprint density at radius 3 is 2.64 bits per heavy atom. The summed E-state index contributed by atoms with van der Waals surface area (Å²) >= 11 is 1.14. The molecule has 1 atom stereocenters. The van der Waals surface area contributed by atoms with Crippen molar-refractivity contribution in [2.75, 3.05) is 6.54 Å². The fraction of sp³-hybridized carbons (Fsp3) is 0.294. The summed E-state index contributed by atoms with van der Waals surface area (Å²) in [5, 5.41) is 11.8. The smallest absolute Gasteiger partial charge is 0.410 e. The number of fused-ring (bicyclic) bond motifs is 3. The van der Waals surface area contributed by atoms with Gasteiger partial charge in [0.2, 0.25) is 0 Å². The van der Waals surface area contributed by atoms with Gasteiger partial charge >= 0.3 is 6.09 Å². The summed E-state index contributed by atoms with van der Waals surface area (Å²) in [6, 6.07) is 7.30. The number of amides is 1. The van der Waals surface area contributed by atoms with E-state index < -0.39 is 29.2 Å². The number of carbonyl (C=O) groups excluding carboxylic acids is 1. The zero-order valence-electron chi connectivity index (χ0n) is 26.8. The minimum absolute atomic E-state index is 0.102. The summed E-state index contributed by atoms with van der Waals surface area (Å²) in [6.07, 6.45) is 3.13. The molecule has 13 heteroatoms. The number of benzene rings is 1. The molecule has 2 N–H and O–H groups in total. The minimum Gasteiger partial charge on any atom is -0.444 e. The molecular formula is C34H34F3N7O2S. The van der Waals surface area contributed by atoms with Gasteiger partial charge in [0.15, 0.2) is 0 Å². The molecular weight excluding hydrogens is 627 g/mol. The fourth-order valence-corrected chi connectivity index (χ4v) is 6.78. The Morgan fingerprint density at radius 2 is 1.91 bits per heavy atom. The van der Waals surface area contributed by atoms with Gasteiger partial charge in [-0.3, -0.25) is 9.36 Å². The van der Waals surface area contributed by atoms with Gasteiger partial charge in [0.25, 0.3) is 0 Å². The molecule has 0 saturated carbocycles. The lowest BCUT2D eigenvalue weighted by Gasteiger charge is -2.33. The lowest BCUT2D eigenvalue weighted by molar-refractivity contribution is 0.0167. The monoisotopic (exact) mass is 661 g/mol. The number of hydrogen-bond donors (Lipinski definition) is 1. The van der Waals surface area contributed by atoms with E-state index in [4.69, 9.17) is 20.6 Å². The van der Waals surface area contributed by atoms with Crippen LogP contribution in [0.5, 0.6) is 0 Å². The molecule has 4 aromatic heterocycles. The number of aryl methyl sites for hydroxylation is 2. The molecule has 47 heavy (non-hydrogen) atoms. The lowest BCUT2D eigenvalue weighted by atomic mass is 10.0. The molecule has 1 aliphatic heterocycles. The summed E-state index contributed by atoms with van der Waals surface area (Å²) in [6.45, 7) is 9.82. The summed E-state index contributed by atoms with van der Waals surface area (Å²) < 4.78 is 55.0. The third-order valence-electron chi connectivity index (χ3n) is 7.79. The molecule has 1 aliphatic rings. The van der Waals surface area contributed by atoms with Crippen molar-refractivity contribution in [2.24, 2.45) is 12.8 Å². The van der Waals surface area contributed by atoms with Crippen LogP contribution in [0.2, 0.25) is 0 Å². The van der Waals surface area contributed by atoms with E-state index in [9.17, 15) is 9.18 Å². The average molecular weight is 662 g/mol. The molecule has 0 aliphatic carbocycles.